The molecular weight excluding hydrogens is 424 g/mol. The van der Waals surface area contributed by atoms with E-state index >= 15 is 0 Å². The van der Waals surface area contributed by atoms with Gasteiger partial charge in [-0.2, -0.15) is 0 Å². The Bertz CT molecular complexity index is 1050. The van der Waals surface area contributed by atoms with Crippen molar-refractivity contribution in [3.63, 3.8) is 0 Å². The van der Waals surface area contributed by atoms with Crippen LogP contribution in [-0.4, -0.2) is 45.5 Å². The van der Waals surface area contributed by atoms with E-state index in [1.165, 1.54) is 0 Å². The maximum absolute atomic E-state index is 6.01. The van der Waals surface area contributed by atoms with Crippen molar-refractivity contribution in [2.24, 2.45) is 10.2 Å². The fourth-order valence-corrected chi connectivity index (χ4v) is 3.26. The van der Waals surface area contributed by atoms with E-state index in [-0.39, 0.29) is 0 Å². The van der Waals surface area contributed by atoms with Crippen molar-refractivity contribution in [1.82, 2.24) is 4.68 Å². The van der Waals surface area contributed by atoms with Gasteiger partial charge >= 0.3 is 5.82 Å². The summed E-state index contributed by atoms with van der Waals surface area (Å²) in [5.74, 6) is 2.95. The molecular formula is C23H29N6O4+. The summed E-state index contributed by atoms with van der Waals surface area (Å²) < 4.78 is 24.8. The molecule has 0 aliphatic rings. The van der Waals surface area contributed by atoms with E-state index in [0.29, 0.717) is 40.8 Å². The summed E-state index contributed by atoms with van der Waals surface area (Å²) >= 11 is 0. The van der Waals surface area contributed by atoms with Gasteiger partial charge in [0.05, 0.1) is 47.3 Å². The molecule has 0 spiro atoms. The summed E-state index contributed by atoms with van der Waals surface area (Å²) in [5.41, 5.74) is 14.5. The van der Waals surface area contributed by atoms with Crippen LogP contribution < -0.4 is 35.1 Å². The molecule has 0 saturated heterocycles. The minimum atomic E-state index is 0.440. The van der Waals surface area contributed by atoms with Gasteiger partial charge in [0.2, 0.25) is 0 Å². The van der Waals surface area contributed by atoms with Gasteiger partial charge in [0.1, 0.15) is 34.4 Å². The first-order chi connectivity index (χ1) is 15.9. The first kappa shape index (κ1) is 23.5. The molecule has 10 nitrogen and oxygen atoms in total. The minimum absolute atomic E-state index is 0.440. The van der Waals surface area contributed by atoms with Gasteiger partial charge < -0.3 is 30.4 Å². The Balaban J connectivity index is 1.90. The molecule has 3 rings (SSSR count). The van der Waals surface area contributed by atoms with Crippen molar-refractivity contribution in [3.05, 3.63) is 53.6 Å². The van der Waals surface area contributed by atoms with E-state index in [9.17, 15) is 0 Å². The van der Waals surface area contributed by atoms with Crippen LogP contribution in [0.2, 0.25) is 0 Å². The van der Waals surface area contributed by atoms with Crippen LogP contribution in [0.3, 0.4) is 0 Å². The summed E-state index contributed by atoms with van der Waals surface area (Å²) in [5, 5.41) is 9.12. The molecule has 3 aromatic rings. The zero-order valence-corrected chi connectivity index (χ0v) is 19.4. The number of ether oxygens (including phenoxy) is 4. The zero-order valence-electron chi connectivity index (χ0n) is 19.4. The third-order valence-electron chi connectivity index (χ3n) is 4.99. The van der Waals surface area contributed by atoms with Crippen molar-refractivity contribution in [3.8, 4) is 23.0 Å². The molecule has 0 aliphatic heterocycles. The van der Waals surface area contributed by atoms with Crippen molar-refractivity contribution in [2.75, 3.05) is 39.9 Å². The van der Waals surface area contributed by atoms with Crippen molar-refractivity contribution >= 4 is 23.8 Å². The quantitative estimate of drug-likeness (QED) is 0.291. The first-order valence-electron chi connectivity index (χ1n) is 10.2. The van der Waals surface area contributed by atoms with Crippen molar-refractivity contribution < 1.29 is 23.6 Å². The van der Waals surface area contributed by atoms with Gasteiger partial charge in [0.15, 0.2) is 12.4 Å². The Hall–Kier alpha value is -4.21. The van der Waals surface area contributed by atoms with Crippen LogP contribution in [0.1, 0.15) is 23.9 Å². The predicted molar refractivity (Wildman–Crippen MR) is 128 cm³/mol. The van der Waals surface area contributed by atoms with Crippen LogP contribution in [0.15, 0.2) is 46.9 Å². The molecule has 0 unspecified atom stereocenters. The van der Waals surface area contributed by atoms with Crippen molar-refractivity contribution in [2.45, 2.75) is 13.3 Å². The van der Waals surface area contributed by atoms with Crippen molar-refractivity contribution in [1.29, 1.82) is 0 Å². The Labute approximate surface area is 192 Å². The molecule has 33 heavy (non-hydrogen) atoms. The number of nitrogens with two attached hydrogens (primary N) is 2. The van der Waals surface area contributed by atoms with Gasteiger partial charge in [0, 0.05) is 11.1 Å². The third kappa shape index (κ3) is 5.00. The fourth-order valence-electron chi connectivity index (χ4n) is 3.26. The number of nitrogen functional groups attached to an aromatic ring is 2. The molecule has 174 valence electrons. The number of hydrogen-bond acceptors (Lipinski definition) is 8. The van der Waals surface area contributed by atoms with Crippen LogP contribution in [-0.2, 0) is 6.42 Å². The number of nitrogens with zero attached hydrogens (tertiary/aromatic N) is 4. The summed E-state index contributed by atoms with van der Waals surface area (Å²) in [6.45, 7) is 2.03. The van der Waals surface area contributed by atoms with E-state index in [2.05, 4.69) is 10.2 Å². The van der Waals surface area contributed by atoms with Gasteiger partial charge in [-0.05, 0) is 24.3 Å². The maximum Gasteiger partial charge on any atom is 0.307 e. The van der Waals surface area contributed by atoms with Gasteiger partial charge in [-0.25, -0.2) is 0 Å². The number of anilines is 2. The van der Waals surface area contributed by atoms with Crippen LogP contribution >= 0.6 is 0 Å². The van der Waals surface area contributed by atoms with Crippen LogP contribution in [0.5, 0.6) is 23.0 Å². The molecule has 1 aromatic heterocycles. The Kier molecular flexibility index (Phi) is 7.39. The lowest BCUT2D eigenvalue weighted by Crippen LogP contribution is -2.31. The van der Waals surface area contributed by atoms with Crippen LogP contribution in [0.25, 0.3) is 0 Å². The van der Waals surface area contributed by atoms with Gasteiger partial charge in [-0.15, -0.1) is 9.35 Å². The summed E-state index contributed by atoms with van der Waals surface area (Å²) in [4.78, 5) is 0. The molecule has 0 bridgehead atoms. The third-order valence-corrected chi connectivity index (χ3v) is 4.99. The van der Waals surface area contributed by atoms with Gasteiger partial charge in [0.25, 0.3) is 0 Å². The number of imidazole rings is 1. The highest BCUT2D eigenvalue weighted by atomic mass is 16.5. The highest BCUT2D eigenvalue weighted by Gasteiger charge is 2.16. The smallest absolute Gasteiger partial charge is 0.307 e. The topological polar surface area (TPSA) is 122 Å². The molecule has 0 amide bonds. The lowest BCUT2D eigenvalue weighted by molar-refractivity contribution is -0.685. The zero-order chi connectivity index (χ0) is 24.0. The predicted octanol–water partition coefficient (Wildman–Crippen LogP) is 2.30. The lowest BCUT2D eigenvalue weighted by atomic mass is 10.2. The highest BCUT2D eigenvalue weighted by molar-refractivity contribution is 5.84. The highest BCUT2D eigenvalue weighted by Crippen LogP contribution is 2.33. The second-order valence-corrected chi connectivity index (χ2v) is 6.92. The van der Waals surface area contributed by atoms with Crippen LogP contribution in [0.4, 0.5) is 11.4 Å². The maximum atomic E-state index is 6.01. The van der Waals surface area contributed by atoms with E-state index < -0.39 is 0 Å². The van der Waals surface area contributed by atoms with E-state index in [4.69, 9.17) is 30.4 Å². The molecule has 4 N–H and O–H groups in total. The fraction of sp³-hybridized carbons (Fsp3) is 0.261. The molecule has 2 aromatic carbocycles. The first-order valence-corrected chi connectivity index (χ1v) is 10.2. The number of methoxy groups -OCH3 is 4. The molecule has 1 heterocycles. The Morgan fingerprint density at radius 3 is 1.70 bits per heavy atom. The molecule has 0 radical (unpaired) electrons. The molecule has 10 heteroatoms. The van der Waals surface area contributed by atoms with E-state index in [0.717, 1.165) is 17.0 Å². The molecule has 0 aliphatic carbocycles. The second kappa shape index (κ2) is 10.4. The molecule has 0 atom stereocenters. The SMILES string of the molecule is CCc1n(/N=C/c2cc(OC)c(N)c(OC)c2)cc[n+]1/N=C/c1cc(OC)c(N)c(OC)c1. The lowest BCUT2D eigenvalue weighted by Gasteiger charge is -2.10. The number of benzene rings is 2. The second-order valence-electron chi connectivity index (χ2n) is 6.92. The summed E-state index contributed by atoms with van der Waals surface area (Å²) in [6, 6.07) is 7.18. The largest absolute Gasteiger partial charge is 0.494 e. The minimum Gasteiger partial charge on any atom is -0.494 e. The molecule has 0 fully saturated rings. The van der Waals surface area contributed by atoms with Gasteiger partial charge in [-0.1, -0.05) is 17.1 Å². The number of rotatable bonds is 9. The summed E-state index contributed by atoms with van der Waals surface area (Å²) in [7, 11) is 6.22. The number of hydrogen-bond donors (Lipinski definition) is 2. The normalized spacial score (nSPS) is 11.3. The average molecular weight is 454 g/mol. The summed E-state index contributed by atoms with van der Waals surface area (Å²) in [6.07, 6.45) is 7.75. The van der Waals surface area contributed by atoms with E-state index in [1.807, 2.05) is 19.3 Å². The average Bonchev–Trinajstić information content (AvgIpc) is 3.24. The van der Waals surface area contributed by atoms with Gasteiger partial charge in [-0.3, -0.25) is 0 Å². The molecule has 0 saturated carbocycles. The monoisotopic (exact) mass is 453 g/mol. The van der Waals surface area contributed by atoms with Crippen LogP contribution in [0, 0.1) is 0 Å². The Morgan fingerprint density at radius 2 is 1.27 bits per heavy atom. The number of aromatic nitrogens is 2. The van der Waals surface area contributed by atoms with E-state index in [1.54, 1.807) is 74.5 Å². The standard InChI is InChI=1S/C23H29N6O4/c1-6-21-28(26-13-15-9-17(30-2)22(24)18(10-15)31-3)7-8-29(21)27-14-16-11-19(32-4)23(25)20(12-16)33-5/h7-14H,6,24-25H2,1-5H3/q+1/b26-13+,27-14+. The Morgan fingerprint density at radius 1 is 0.818 bits per heavy atom.